The van der Waals surface area contributed by atoms with Crippen LogP contribution in [-0.4, -0.2) is 83.3 Å². The number of carbonyl (C=O) groups is 3. The van der Waals surface area contributed by atoms with Gasteiger partial charge in [0.2, 0.25) is 17.7 Å². The Morgan fingerprint density at radius 1 is 1.00 bits per heavy atom. The minimum absolute atomic E-state index is 0.0316. The number of nitrogens with zero attached hydrogens (tertiary/aromatic N) is 1. The summed E-state index contributed by atoms with van der Waals surface area (Å²) in [5.74, 6) is 3.46. The van der Waals surface area contributed by atoms with Gasteiger partial charge in [0.05, 0.1) is 24.2 Å². The number of terminal acetylenes is 2. The normalized spacial score (nSPS) is 16.7. The third-order valence-electron chi connectivity index (χ3n) is 8.76. The zero-order valence-electron chi connectivity index (χ0n) is 28.0. The van der Waals surface area contributed by atoms with Crippen LogP contribution >= 0.6 is 0 Å². The smallest absolute Gasteiger partial charge is 0.243 e. The molecule has 1 fully saturated rings. The van der Waals surface area contributed by atoms with Crippen molar-refractivity contribution in [3.05, 3.63) is 35.9 Å². The van der Waals surface area contributed by atoms with Gasteiger partial charge in [-0.1, -0.05) is 76.3 Å². The molecule has 9 heteroatoms. The summed E-state index contributed by atoms with van der Waals surface area (Å²) in [4.78, 5) is 42.2. The lowest BCUT2D eigenvalue weighted by molar-refractivity contribution is -0.136. The maximum Gasteiger partial charge on any atom is 0.243 e. The molecule has 0 saturated heterocycles. The van der Waals surface area contributed by atoms with Gasteiger partial charge in [0.15, 0.2) is 0 Å². The fourth-order valence-electron chi connectivity index (χ4n) is 5.99. The highest BCUT2D eigenvalue weighted by Crippen LogP contribution is 2.29. The van der Waals surface area contributed by atoms with E-state index in [1.54, 1.807) is 11.9 Å². The number of benzene rings is 1. The fraction of sp³-hybridized carbons (Fsp3) is 0.649. The van der Waals surface area contributed by atoms with Crippen LogP contribution in [0.2, 0.25) is 0 Å². The molecular weight excluding hydrogens is 580 g/mol. The average Bonchev–Trinajstić information content (AvgIpc) is 3.04. The molecule has 0 spiro atoms. The van der Waals surface area contributed by atoms with E-state index in [-0.39, 0.29) is 18.7 Å². The summed E-state index contributed by atoms with van der Waals surface area (Å²) in [5.41, 5.74) is 0.895. The molecule has 9 nitrogen and oxygen atoms in total. The molecule has 46 heavy (non-hydrogen) atoms. The van der Waals surface area contributed by atoms with Crippen molar-refractivity contribution < 1.29 is 24.6 Å². The third-order valence-corrected chi connectivity index (χ3v) is 8.76. The molecule has 1 aliphatic carbocycles. The number of hydrogen-bond donors (Lipinski definition) is 5. The average molecular weight is 637 g/mol. The first-order chi connectivity index (χ1) is 22.0. The number of carbonyl (C=O) groups excluding carboxylic acids is 3. The second-order valence-electron chi connectivity index (χ2n) is 13.0. The molecule has 0 radical (unpaired) electrons. The largest absolute Gasteiger partial charge is 0.390 e. The van der Waals surface area contributed by atoms with E-state index >= 15 is 0 Å². The molecule has 3 unspecified atom stereocenters. The minimum Gasteiger partial charge on any atom is -0.390 e. The quantitative estimate of drug-likeness (QED) is 0.110. The first kappa shape index (κ1) is 38.8. The van der Waals surface area contributed by atoms with Crippen LogP contribution < -0.4 is 16.0 Å². The standard InChI is InChI=1S/C37H56N4O5/c1-6-8-11-21-33(42)35(44)32(25-29-19-14-10-15-20-29)40-37(46)31(16-7-2)39-36(45)30(24-28-17-12-9-13-18-28)26-34(43)41(5)23-22-38-27(3)4/h1-2,9,12-13,17-18,27,29-33,35,38,42,44H,8,10-11,14-16,19-26H2,3-5H3,(H,39,45)(H,40,46)/t30?,31-,32?,33?,35+/m0/s1. The van der Waals surface area contributed by atoms with Crippen molar-refractivity contribution in [2.24, 2.45) is 11.8 Å². The lowest BCUT2D eigenvalue weighted by Gasteiger charge is -2.33. The SMILES string of the molecule is C#CCCCC(O)[C@H](O)C(CC1CCCCC1)NC(=O)[C@H](CC#C)NC(=O)C(CC(=O)N(C)CCNC(C)C)Cc1ccccc1. The lowest BCUT2D eigenvalue weighted by Crippen LogP contribution is -2.56. The number of unbranched alkanes of at least 4 members (excludes halogenated alkanes) is 1. The second kappa shape index (κ2) is 21.4. The van der Waals surface area contributed by atoms with Crippen LogP contribution in [0, 0.1) is 36.5 Å². The molecule has 5 N–H and O–H groups in total. The molecule has 1 saturated carbocycles. The van der Waals surface area contributed by atoms with Crippen molar-refractivity contribution in [3.8, 4) is 24.7 Å². The molecule has 1 aromatic carbocycles. The Labute approximate surface area is 276 Å². The Hall–Kier alpha value is -3.37. The van der Waals surface area contributed by atoms with Crippen molar-refractivity contribution in [2.75, 3.05) is 20.1 Å². The van der Waals surface area contributed by atoms with E-state index in [0.717, 1.165) is 31.2 Å². The van der Waals surface area contributed by atoms with Gasteiger partial charge >= 0.3 is 0 Å². The van der Waals surface area contributed by atoms with Gasteiger partial charge in [-0.15, -0.1) is 24.7 Å². The summed E-state index contributed by atoms with van der Waals surface area (Å²) in [5, 5.41) is 30.9. The number of likely N-dealkylation sites (N-methyl/N-ethyl adjacent to an activating group) is 1. The second-order valence-corrected chi connectivity index (χ2v) is 13.0. The van der Waals surface area contributed by atoms with Crippen molar-refractivity contribution in [1.29, 1.82) is 0 Å². The first-order valence-corrected chi connectivity index (χ1v) is 16.9. The maximum atomic E-state index is 13.7. The molecule has 0 bridgehead atoms. The van der Waals surface area contributed by atoms with Crippen LogP contribution in [0.4, 0.5) is 0 Å². The van der Waals surface area contributed by atoms with E-state index in [4.69, 9.17) is 12.8 Å². The molecule has 1 aromatic rings. The van der Waals surface area contributed by atoms with E-state index in [9.17, 15) is 24.6 Å². The Bertz CT molecular complexity index is 1140. The monoisotopic (exact) mass is 636 g/mol. The van der Waals surface area contributed by atoms with Crippen LogP contribution in [0.25, 0.3) is 0 Å². The Morgan fingerprint density at radius 3 is 2.33 bits per heavy atom. The first-order valence-electron chi connectivity index (χ1n) is 16.9. The van der Waals surface area contributed by atoms with Gasteiger partial charge in [0, 0.05) is 45.4 Å². The van der Waals surface area contributed by atoms with Gasteiger partial charge in [0.1, 0.15) is 6.04 Å². The summed E-state index contributed by atoms with van der Waals surface area (Å²) < 4.78 is 0. The predicted molar refractivity (Wildman–Crippen MR) is 182 cm³/mol. The summed E-state index contributed by atoms with van der Waals surface area (Å²) >= 11 is 0. The van der Waals surface area contributed by atoms with Gasteiger partial charge < -0.3 is 31.1 Å². The Kier molecular flexibility index (Phi) is 18.1. The number of rotatable bonds is 20. The summed E-state index contributed by atoms with van der Waals surface area (Å²) in [7, 11) is 1.72. The Balaban J connectivity index is 2.19. The number of amides is 3. The van der Waals surface area contributed by atoms with Gasteiger partial charge in [-0.05, 0) is 37.2 Å². The van der Waals surface area contributed by atoms with E-state index in [0.29, 0.717) is 57.2 Å². The van der Waals surface area contributed by atoms with Gasteiger partial charge in [-0.2, -0.15) is 0 Å². The fourth-order valence-corrected chi connectivity index (χ4v) is 5.99. The number of nitrogens with one attached hydrogen (secondary N) is 3. The molecule has 0 aliphatic heterocycles. The number of hydrogen-bond acceptors (Lipinski definition) is 6. The van der Waals surface area contributed by atoms with Gasteiger partial charge in [-0.25, -0.2) is 0 Å². The molecule has 1 aliphatic rings. The molecule has 254 valence electrons. The Morgan fingerprint density at radius 2 is 1.70 bits per heavy atom. The molecular formula is C37H56N4O5. The highest BCUT2D eigenvalue weighted by molar-refractivity contribution is 5.91. The van der Waals surface area contributed by atoms with Crippen molar-refractivity contribution >= 4 is 17.7 Å². The van der Waals surface area contributed by atoms with Crippen molar-refractivity contribution in [3.63, 3.8) is 0 Å². The topological polar surface area (TPSA) is 131 Å². The highest BCUT2D eigenvalue weighted by atomic mass is 16.3. The summed E-state index contributed by atoms with van der Waals surface area (Å²) in [6.07, 6.45) is 16.1. The van der Waals surface area contributed by atoms with Gasteiger partial charge in [-0.3, -0.25) is 14.4 Å². The van der Waals surface area contributed by atoms with Gasteiger partial charge in [0.25, 0.3) is 0 Å². The van der Waals surface area contributed by atoms with Crippen LogP contribution in [0.5, 0.6) is 0 Å². The highest BCUT2D eigenvalue weighted by Gasteiger charge is 2.34. The van der Waals surface area contributed by atoms with E-state index in [1.807, 2.05) is 44.2 Å². The third kappa shape index (κ3) is 14.4. The minimum atomic E-state index is -1.20. The van der Waals surface area contributed by atoms with E-state index in [2.05, 4.69) is 27.8 Å². The summed E-state index contributed by atoms with van der Waals surface area (Å²) in [6, 6.07) is 7.95. The van der Waals surface area contributed by atoms with Crippen LogP contribution in [0.3, 0.4) is 0 Å². The van der Waals surface area contributed by atoms with Crippen molar-refractivity contribution in [1.82, 2.24) is 20.9 Å². The zero-order valence-corrected chi connectivity index (χ0v) is 28.0. The van der Waals surface area contributed by atoms with Crippen LogP contribution in [-0.2, 0) is 20.8 Å². The predicted octanol–water partition coefficient (Wildman–Crippen LogP) is 3.18. The zero-order chi connectivity index (χ0) is 33.9. The molecule has 2 rings (SSSR count). The van der Waals surface area contributed by atoms with E-state index < -0.39 is 42.0 Å². The number of aliphatic hydroxyl groups is 2. The summed E-state index contributed by atoms with van der Waals surface area (Å²) in [6.45, 7) is 5.20. The van der Waals surface area contributed by atoms with Crippen LogP contribution in [0.15, 0.2) is 30.3 Å². The van der Waals surface area contributed by atoms with Crippen LogP contribution in [0.1, 0.15) is 90.0 Å². The molecule has 3 amide bonds. The van der Waals surface area contributed by atoms with E-state index in [1.165, 1.54) is 6.42 Å². The molecule has 0 aromatic heterocycles. The molecule has 5 atom stereocenters. The number of aliphatic hydroxyl groups excluding tert-OH is 2. The van der Waals surface area contributed by atoms with Crippen molar-refractivity contribution in [2.45, 2.75) is 121 Å². The maximum absolute atomic E-state index is 13.7. The molecule has 0 heterocycles. The lowest BCUT2D eigenvalue weighted by atomic mass is 9.82.